The van der Waals surface area contributed by atoms with Gasteiger partial charge < -0.3 is 0 Å². The van der Waals surface area contributed by atoms with Crippen molar-refractivity contribution >= 4 is 27.8 Å². The summed E-state index contributed by atoms with van der Waals surface area (Å²) in [6, 6.07) is 3.45. The maximum absolute atomic E-state index is 3.44. The molecule has 0 amide bonds. The van der Waals surface area contributed by atoms with E-state index in [2.05, 4.69) is 54.4 Å². The van der Waals surface area contributed by atoms with Crippen LogP contribution in [0.1, 0.15) is 149 Å². The van der Waals surface area contributed by atoms with Gasteiger partial charge in [-0.1, -0.05) is 117 Å². The summed E-state index contributed by atoms with van der Waals surface area (Å²) in [6.07, 6.45) is 34.2. The van der Waals surface area contributed by atoms with Crippen LogP contribution in [-0.2, 0) is 0 Å². The van der Waals surface area contributed by atoms with Gasteiger partial charge in [0.1, 0.15) is 0 Å². The van der Waals surface area contributed by atoms with Crippen LogP contribution in [0.2, 0.25) is 19.6 Å². The molecule has 2 nitrogen and oxygen atoms in total. The van der Waals surface area contributed by atoms with Gasteiger partial charge in [0, 0.05) is 24.2 Å². The van der Waals surface area contributed by atoms with E-state index >= 15 is 0 Å². The molecule has 0 aromatic rings. The SMILES string of the molecule is CCP(CC)(CC)=C(P(N(C1CCCCC1)C1CCCCC1)N(C1CCCCC1)C1CCCCC1)[Si](C)(C)C. The maximum atomic E-state index is 3.44. The van der Waals surface area contributed by atoms with Gasteiger partial charge >= 0.3 is 0 Å². The fraction of sp³-hybridized carbons (Fsp3) is 0.971. The molecule has 0 spiro atoms. The van der Waals surface area contributed by atoms with Gasteiger partial charge in [-0.25, -0.2) is 0 Å². The molecule has 0 heterocycles. The Morgan fingerprint density at radius 2 is 0.769 bits per heavy atom. The van der Waals surface area contributed by atoms with Crippen LogP contribution in [-0.4, -0.2) is 64.7 Å². The van der Waals surface area contributed by atoms with Gasteiger partial charge in [-0.05, 0) is 74.5 Å². The Balaban J connectivity index is 1.97. The van der Waals surface area contributed by atoms with Crippen molar-refractivity contribution in [2.75, 3.05) is 18.5 Å². The zero-order chi connectivity index (χ0) is 27.9. The van der Waals surface area contributed by atoms with E-state index in [0.717, 1.165) is 24.2 Å². The molecule has 5 heteroatoms. The van der Waals surface area contributed by atoms with Gasteiger partial charge in [0.15, 0.2) is 0 Å². The molecule has 0 aromatic carbocycles. The average molecular weight is 595 g/mol. The summed E-state index contributed by atoms with van der Waals surface area (Å²) >= 11 is 0. The van der Waals surface area contributed by atoms with E-state index in [1.54, 1.807) is 0 Å². The summed E-state index contributed by atoms with van der Waals surface area (Å²) < 4.78 is 9.16. The predicted molar refractivity (Wildman–Crippen MR) is 185 cm³/mol. The first-order valence-corrected chi connectivity index (χ1v) is 25.1. The molecule has 4 fully saturated rings. The van der Waals surface area contributed by atoms with Gasteiger partial charge in [0.25, 0.3) is 0 Å². The van der Waals surface area contributed by atoms with Crippen LogP contribution < -0.4 is 0 Å². The molecule has 4 rings (SSSR count). The smallest absolute Gasteiger partial charge is 0.0817 e. The zero-order valence-electron chi connectivity index (χ0n) is 27.4. The standard InChI is InChI=1S/C34H68N2P2Si/c1-7-38(8-2,9-3)34(39(4,5)6)37(35(30-22-14-10-15-23-30)31-24-16-11-17-25-31)36(32-26-18-12-19-27-32)33-28-20-13-21-29-33/h30-33H,7-29H2,1-6H3. The number of nitrogens with zero attached hydrogens (tertiary/aromatic N) is 2. The lowest BCUT2D eigenvalue weighted by Gasteiger charge is -2.57. The molecule has 0 bridgehead atoms. The molecular weight excluding hydrogens is 526 g/mol. The molecule has 0 unspecified atom stereocenters. The largest absolute Gasteiger partial charge is 0.261 e. The monoisotopic (exact) mass is 594 g/mol. The Morgan fingerprint density at radius 3 is 0.974 bits per heavy atom. The lowest BCUT2D eigenvalue weighted by molar-refractivity contribution is 0.136. The summed E-state index contributed by atoms with van der Waals surface area (Å²) in [5, 5.41) is 0. The fourth-order valence-electron chi connectivity index (χ4n) is 9.26. The molecule has 0 saturated heterocycles. The minimum Gasteiger partial charge on any atom is -0.261 e. The van der Waals surface area contributed by atoms with E-state index in [4.69, 9.17) is 0 Å². The van der Waals surface area contributed by atoms with Crippen LogP contribution in [0.3, 0.4) is 0 Å². The first-order valence-electron chi connectivity index (χ1n) is 18.0. The topological polar surface area (TPSA) is 6.48 Å². The summed E-state index contributed by atoms with van der Waals surface area (Å²) in [4.78, 5) is 0. The molecule has 0 N–H and O–H groups in total. The first-order chi connectivity index (χ1) is 18.9. The van der Waals surface area contributed by atoms with E-state index in [1.807, 2.05) is 0 Å². The van der Waals surface area contributed by atoms with Crippen LogP contribution in [0.5, 0.6) is 0 Å². The highest BCUT2D eigenvalue weighted by Gasteiger charge is 2.48. The summed E-state index contributed by atoms with van der Waals surface area (Å²) in [5.41, 5.74) is 0. The van der Waals surface area contributed by atoms with Crippen molar-refractivity contribution in [1.29, 1.82) is 0 Å². The van der Waals surface area contributed by atoms with Gasteiger partial charge in [0.2, 0.25) is 0 Å². The number of rotatable bonds is 11. The molecule has 0 radical (unpaired) electrons. The molecule has 4 saturated carbocycles. The van der Waals surface area contributed by atoms with Crippen LogP contribution in [0.15, 0.2) is 0 Å². The minimum absolute atomic E-state index is 0.341. The predicted octanol–water partition coefficient (Wildman–Crippen LogP) is 11.3. The van der Waals surface area contributed by atoms with Crippen LogP contribution >= 0.6 is 15.1 Å². The Morgan fingerprint density at radius 1 is 0.513 bits per heavy atom. The van der Waals surface area contributed by atoms with Crippen LogP contribution in [0, 0.1) is 0 Å². The van der Waals surface area contributed by atoms with Crippen molar-refractivity contribution in [1.82, 2.24) is 9.34 Å². The maximum Gasteiger partial charge on any atom is 0.0817 e. The van der Waals surface area contributed by atoms with E-state index in [-0.39, 0.29) is 8.22 Å². The van der Waals surface area contributed by atoms with E-state index in [1.165, 1.54) is 147 Å². The Bertz CT molecular complexity index is 674. The number of hydrogen-bond acceptors (Lipinski definition) is 2. The first kappa shape index (κ1) is 32.8. The highest BCUT2D eigenvalue weighted by atomic mass is 31.2. The van der Waals surface area contributed by atoms with Crippen molar-refractivity contribution in [3.63, 3.8) is 0 Å². The quantitative estimate of drug-likeness (QED) is 0.173. The second-order valence-corrected chi connectivity index (χ2v) is 27.7. The Kier molecular flexibility index (Phi) is 13.1. The van der Waals surface area contributed by atoms with Gasteiger partial charge in [-0.15, -0.1) is 6.89 Å². The fourth-order valence-corrected chi connectivity index (χ4v) is 28.0. The molecular formula is C34H68N2P2Si. The lowest BCUT2D eigenvalue weighted by atomic mass is 9.90. The second-order valence-electron chi connectivity index (χ2n) is 14.9. The van der Waals surface area contributed by atoms with Gasteiger partial charge in [-0.2, -0.15) is 0 Å². The lowest BCUT2D eigenvalue weighted by Crippen LogP contribution is -2.54. The molecule has 39 heavy (non-hydrogen) atoms. The third-order valence-corrected chi connectivity index (χ3v) is 27.6. The molecule has 4 aliphatic carbocycles. The van der Waals surface area contributed by atoms with Crippen molar-refractivity contribution < 1.29 is 0 Å². The highest BCUT2D eigenvalue weighted by molar-refractivity contribution is 8.00. The molecule has 0 atom stereocenters. The molecule has 0 aromatic heterocycles. The van der Waals surface area contributed by atoms with E-state index in [9.17, 15) is 0 Å². The zero-order valence-corrected chi connectivity index (χ0v) is 30.2. The third kappa shape index (κ3) is 7.88. The normalized spacial score (nSPS) is 24.2. The number of hydrogen-bond donors (Lipinski definition) is 0. The Hall–Kier alpha value is 0.867. The average Bonchev–Trinajstić information content (AvgIpc) is 2.97. The van der Waals surface area contributed by atoms with Crippen molar-refractivity contribution in [3.05, 3.63) is 0 Å². The summed E-state index contributed by atoms with van der Waals surface area (Å²) in [6.45, 7) is 15.1. The minimum atomic E-state index is -1.52. The third-order valence-electron chi connectivity index (χ3n) is 11.4. The second kappa shape index (κ2) is 15.5. The summed E-state index contributed by atoms with van der Waals surface area (Å²) in [7, 11) is -1.86. The van der Waals surface area contributed by atoms with Crippen molar-refractivity contribution in [2.24, 2.45) is 0 Å². The summed E-state index contributed by atoms with van der Waals surface area (Å²) in [5.74, 6) is 0. The molecule has 4 aliphatic rings. The van der Waals surface area contributed by atoms with Crippen LogP contribution in [0.4, 0.5) is 0 Å². The van der Waals surface area contributed by atoms with E-state index in [0.29, 0.717) is 0 Å². The van der Waals surface area contributed by atoms with Gasteiger partial charge in [-0.3, -0.25) is 9.34 Å². The highest BCUT2D eigenvalue weighted by Crippen LogP contribution is 2.66. The van der Waals surface area contributed by atoms with Crippen LogP contribution in [0.25, 0.3) is 0 Å². The molecule has 228 valence electrons. The van der Waals surface area contributed by atoms with E-state index < -0.39 is 15.0 Å². The molecule has 0 aliphatic heterocycles. The van der Waals surface area contributed by atoms with Gasteiger partial charge in [0.05, 0.1) is 16.3 Å². The Labute approximate surface area is 248 Å². The van der Waals surface area contributed by atoms with Crippen molar-refractivity contribution in [2.45, 2.75) is 193 Å². The van der Waals surface area contributed by atoms with Crippen molar-refractivity contribution in [3.8, 4) is 0 Å².